The zero-order valence-electron chi connectivity index (χ0n) is 9.14. The number of hydrogen-bond donors (Lipinski definition) is 1. The van der Waals surface area contributed by atoms with Crippen molar-refractivity contribution in [2.24, 2.45) is 0 Å². The maximum Gasteiger partial charge on any atom is -0.00431 e. The Kier molecular flexibility index (Phi) is 2.87. The van der Waals surface area contributed by atoms with Crippen molar-refractivity contribution in [2.45, 2.75) is 32.6 Å². The predicted octanol–water partition coefficient (Wildman–Crippen LogP) is 2.77. The van der Waals surface area contributed by atoms with E-state index in [-0.39, 0.29) is 0 Å². The highest BCUT2D eigenvalue weighted by atomic mass is 14.9. The molecule has 0 bridgehead atoms. The van der Waals surface area contributed by atoms with Crippen LogP contribution in [0.25, 0.3) is 0 Å². The number of hydrogen-bond acceptors (Lipinski definition) is 1. The van der Waals surface area contributed by atoms with Gasteiger partial charge in [-0.25, -0.2) is 0 Å². The fraction of sp³-hybridized carbons (Fsp3) is 0.538. The van der Waals surface area contributed by atoms with Gasteiger partial charge in [0.1, 0.15) is 0 Å². The second-order valence-electron chi connectivity index (χ2n) is 4.45. The molecule has 1 fully saturated rings. The van der Waals surface area contributed by atoms with Crippen LogP contribution in [0.3, 0.4) is 0 Å². The Bertz CT molecular complexity index is 291. The molecule has 0 atom stereocenters. The molecule has 0 radical (unpaired) electrons. The third-order valence-corrected chi connectivity index (χ3v) is 3.05. The lowest BCUT2D eigenvalue weighted by Crippen LogP contribution is -2.26. The molecule has 1 saturated heterocycles. The summed E-state index contributed by atoms with van der Waals surface area (Å²) in [6, 6.07) is 6.95. The van der Waals surface area contributed by atoms with Crippen molar-refractivity contribution >= 4 is 0 Å². The van der Waals surface area contributed by atoms with E-state index in [4.69, 9.17) is 0 Å². The van der Waals surface area contributed by atoms with Crippen LogP contribution in [0.4, 0.5) is 0 Å². The minimum Gasteiger partial charge on any atom is -0.317 e. The molecule has 14 heavy (non-hydrogen) atoms. The Labute approximate surface area is 86.5 Å². The maximum absolute atomic E-state index is 3.41. The van der Waals surface area contributed by atoms with Gasteiger partial charge in [-0.3, -0.25) is 0 Å². The van der Waals surface area contributed by atoms with E-state index in [1.807, 2.05) is 0 Å². The van der Waals surface area contributed by atoms with E-state index >= 15 is 0 Å². The second kappa shape index (κ2) is 4.14. The van der Waals surface area contributed by atoms with Gasteiger partial charge in [-0.05, 0) is 51.3 Å². The van der Waals surface area contributed by atoms with Gasteiger partial charge in [0.15, 0.2) is 0 Å². The molecular weight excluding hydrogens is 170 g/mol. The van der Waals surface area contributed by atoms with Gasteiger partial charge >= 0.3 is 0 Å². The van der Waals surface area contributed by atoms with Crippen molar-refractivity contribution in [3.63, 3.8) is 0 Å². The maximum atomic E-state index is 3.41. The molecule has 0 unspecified atom stereocenters. The molecule has 0 saturated carbocycles. The van der Waals surface area contributed by atoms with E-state index in [0.29, 0.717) is 0 Å². The monoisotopic (exact) mass is 189 g/mol. The van der Waals surface area contributed by atoms with E-state index in [1.54, 1.807) is 5.56 Å². The molecule has 1 aromatic rings. The van der Waals surface area contributed by atoms with E-state index in [9.17, 15) is 0 Å². The fourth-order valence-corrected chi connectivity index (χ4v) is 2.40. The molecule has 1 aromatic carbocycles. The van der Waals surface area contributed by atoms with Gasteiger partial charge in [0.2, 0.25) is 0 Å². The number of nitrogens with one attached hydrogen (secondary N) is 1. The third kappa shape index (κ3) is 2.16. The van der Waals surface area contributed by atoms with Gasteiger partial charge in [-0.1, -0.05) is 29.3 Å². The first-order valence-electron chi connectivity index (χ1n) is 5.54. The molecule has 0 spiro atoms. The van der Waals surface area contributed by atoms with Crippen LogP contribution in [0.15, 0.2) is 18.2 Å². The average molecular weight is 189 g/mol. The van der Waals surface area contributed by atoms with Gasteiger partial charge in [-0.15, -0.1) is 0 Å². The first-order valence-corrected chi connectivity index (χ1v) is 5.54. The predicted molar refractivity (Wildman–Crippen MR) is 60.8 cm³/mol. The minimum absolute atomic E-state index is 0.787. The van der Waals surface area contributed by atoms with Gasteiger partial charge in [0.05, 0.1) is 0 Å². The van der Waals surface area contributed by atoms with Crippen molar-refractivity contribution in [1.29, 1.82) is 0 Å². The van der Waals surface area contributed by atoms with Crippen LogP contribution in [0.1, 0.15) is 35.4 Å². The summed E-state index contributed by atoms with van der Waals surface area (Å²) >= 11 is 0. The van der Waals surface area contributed by atoms with Crippen LogP contribution in [-0.4, -0.2) is 13.1 Å². The lowest BCUT2D eigenvalue weighted by atomic mass is 9.88. The SMILES string of the molecule is Cc1cc(C)cc(C2CCNCC2)c1. The van der Waals surface area contributed by atoms with Crippen LogP contribution < -0.4 is 5.32 Å². The van der Waals surface area contributed by atoms with Gasteiger partial charge < -0.3 is 5.32 Å². The summed E-state index contributed by atoms with van der Waals surface area (Å²) in [7, 11) is 0. The number of aryl methyl sites for hydroxylation is 2. The van der Waals surface area contributed by atoms with Crippen molar-refractivity contribution in [3.8, 4) is 0 Å². The summed E-state index contributed by atoms with van der Waals surface area (Å²) in [5.41, 5.74) is 4.35. The number of piperidine rings is 1. The Hall–Kier alpha value is -0.820. The first kappa shape index (κ1) is 9.72. The molecule has 0 aliphatic carbocycles. The molecule has 2 rings (SSSR count). The smallest absolute Gasteiger partial charge is 0.00431 e. The summed E-state index contributed by atoms with van der Waals surface area (Å²) in [5, 5.41) is 3.41. The molecule has 1 aliphatic rings. The fourth-order valence-electron chi connectivity index (χ4n) is 2.40. The van der Waals surface area contributed by atoms with Crippen molar-refractivity contribution in [1.82, 2.24) is 5.32 Å². The molecule has 1 nitrogen and oxygen atoms in total. The standard InChI is InChI=1S/C13H19N/c1-10-7-11(2)9-13(8-10)12-3-5-14-6-4-12/h7-9,12,14H,3-6H2,1-2H3. The Balaban J connectivity index is 2.21. The van der Waals surface area contributed by atoms with Crippen LogP contribution >= 0.6 is 0 Å². The molecule has 76 valence electrons. The number of rotatable bonds is 1. The normalized spacial score (nSPS) is 18.4. The summed E-state index contributed by atoms with van der Waals surface area (Å²) in [5.74, 6) is 0.787. The zero-order chi connectivity index (χ0) is 9.97. The minimum atomic E-state index is 0.787. The topological polar surface area (TPSA) is 12.0 Å². The second-order valence-corrected chi connectivity index (χ2v) is 4.45. The van der Waals surface area contributed by atoms with Crippen LogP contribution in [-0.2, 0) is 0 Å². The van der Waals surface area contributed by atoms with Crippen molar-refractivity contribution in [3.05, 3.63) is 34.9 Å². The van der Waals surface area contributed by atoms with Gasteiger partial charge in [-0.2, -0.15) is 0 Å². The van der Waals surface area contributed by atoms with E-state index in [0.717, 1.165) is 5.92 Å². The molecule has 1 heterocycles. The van der Waals surface area contributed by atoms with Gasteiger partial charge in [0.25, 0.3) is 0 Å². The van der Waals surface area contributed by atoms with Crippen molar-refractivity contribution in [2.75, 3.05) is 13.1 Å². The highest BCUT2D eigenvalue weighted by Gasteiger charge is 2.15. The van der Waals surface area contributed by atoms with Crippen LogP contribution in [0.5, 0.6) is 0 Å². The summed E-state index contributed by atoms with van der Waals surface area (Å²) < 4.78 is 0. The van der Waals surface area contributed by atoms with E-state index in [1.165, 1.54) is 37.1 Å². The van der Waals surface area contributed by atoms with Gasteiger partial charge in [0, 0.05) is 0 Å². The molecule has 0 amide bonds. The largest absolute Gasteiger partial charge is 0.317 e. The van der Waals surface area contributed by atoms with E-state index < -0.39 is 0 Å². The summed E-state index contributed by atoms with van der Waals surface area (Å²) in [4.78, 5) is 0. The molecule has 1 aliphatic heterocycles. The molecule has 1 N–H and O–H groups in total. The Morgan fingerprint density at radius 2 is 1.57 bits per heavy atom. The Morgan fingerprint density at radius 1 is 1.00 bits per heavy atom. The lowest BCUT2D eigenvalue weighted by Gasteiger charge is -2.23. The highest BCUT2D eigenvalue weighted by molar-refractivity contribution is 5.31. The molecule has 0 aromatic heterocycles. The zero-order valence-corrected chi connectivity index (χ0v) is 9.14. The van der Waals surface area contributed by atoms with E-state index in [2.05, 4.69) is 37.4 Å². The van der Waals surface area contributed by atoms with Crippen molar-refractivity contribution < 1.29 is 0 Å². The summed E-state index contributed by atoms with van der Waals surface area (Å²) in [6.07, 6.45) is 2.59. The lowest BCUT2D eigenvalue weighted by molar-refractivity contribution is 0.460. The van der Waals surface area contributed by atoms with Crippen LogP contribution in [0.2, 0.25) is 0 Å². The number of benzene rings is 1. The third-order valence-electron chi connectivity index (χ3n) is 3.05. The van der Waals surface area contributed by atoms with Crippen LogP contribution in [0, 0.1) is 13.8 Å². The average Bonchev–Trinajstić information content (AvgIpc) is 2.18. The quantitative estimate of drug-likeness (QED) is 0.716. The molecular formula is C13H19N. The summed E-state index contributed by atoms with van der Waals surface area (Å²) in [6.45, 7) is 6.74. The highest BCUT2D eigenvalue weighted by Crippen LogP contribution is 2.26. The molecule has 1 heteroatoms. The Morgan fingerprint density at radius 3 is 2.14 bits per heavy atom. The first-order chi connectivity index (χ1) is 6.75.